The van der Waals surface area contributed by atoms with Crippen molar-refractivity contribution < 1.29 is 28.9 Å². The monoisotopic (exact) mass is 503 g/mol. The molecule has 1 atom stereocenters. The normalized spacial score (nSPS) is 21.0. The fraction of sp³-hybridized carbons (Fsp3) is 0.440. The number of aliphatic hydroxyl groups is 1. The third-order valence-corrected chi connectivity index (χ3v) is 6.05. The molecule has 10 heteroatoms. The summed E-state index contributed by atoms with van der Waals surface area (Å²) in [6.45, 7) is 3.66. The zero-order valence-electron chi connectivity index (χ0n) is 19.5. The molecule has 9 nitrogen and oxygen atoms in total. The van der Waals surface area contributed by atoms with E-state index in [0.29, 0.717) is 56.6 Å². The van der Waals surface area contributed by atoms with Crippen molar-refractivity contribution in [2.75, 3.05) is 52.6 Å². The number of benzene rings is 2. The van der Waals surface area contributed by atoms with Gasteiger partial charge in [-0.15, -0.1) is 0 Å². The molecule has 0 saturated carbocycles. The number of β-amino-alcohol motifs (C(OH)–C–C–N with tert-alkyl or cyclic N) is 1. The number of urea groups is 1. The number of rotatable bonds is 10. The fourth-order valence-corrected chi connectivity index (χ4v) is 4.15. The molecular weight excluding hydrogens is 474 g/mol. The number of carbonyl (C=O) groups is 2. The molecule has 2 N–H and O–H groups in total. The summed E-state index contributed by atoms with van der Waals surface area (Å²) in [6, 6.07) is 14.5. The lowest BCUT2D eigenvalue weighted by Crippen LogP contribution is -2.48. The Labute approximate surface area is 209 Å². The quantitative estimate of drug-likeness (QED) is 0.379. The maximum Gasteiger partial charge on any atom is 0.324 e. The fourth-order valence-electron chi connectivity index (χ4n) is 4.03. The van der Waals surface area contributed by atoms with Crippen molar-refractivity contribution in [3.8, 4) is 11.5 Å². The van der Waals surface area contributed by atoms with E-state index >= 15 is 0 Å². The maximum atomic E-state index is 11.5. The summed E-state index contributed by atoms with van der Waals surface area (Å²) < 4.78 is 17.2. The number of halogens is 1. The second-order valence-electron chi connectivity index (χ2n) is 8.85. The van der Waals surface area contributed by atoms with Gasteiger partial charge in [-0.1, -0.05) is 23.7 Å². The molecule has 2 aromatic carbocycles. The first kappa shape index (κ1) is 25.2. The molecule has 188 valence electrons. The van der Waals surface area contributed by atoms with Gasteiger partial charge >= 0.3 is 6.03 Å². The van der Waals surface area contributed by atoms with Gasteiger partial charge in [0, 0.05) is 31.2 Å². The van der Waals surface area contributed by atoms with Crippen molar-refractivity contribution in [1.82, 2.24) is 15.1 Å². The van der Waals surface area contributed by atoms with Crippen molar-refractivity contribution in [3.63, 3.8) is 0 Å². The molecule has 0 radical (unpaired) electrons. The topological polar surface area (TPSA) is 101 Å². The molecule has 2 aliphatic rings. The van der Waals surface area contributed by atoms with E-state index in [1.165, 1.54) is 4.90 Å². The third kappa shape index (κ3) is 7.57. The number of nitrogens with zero attached hydrogens (tertiary/aromatic N) is 2. The van der Waals surface area contributed by atoms with Gasteiger partial charge in [-0.2, -0.15) is 0 Å². The van der Waals surface area contributed by atoms with Gasteiger partial charge in [-0.05, 0) is 48.4 Å². The molecule has 0 spiro atoms. The minimum Gasteiger partial charge on any atom is -0.494 e. The second kappa shape index (κ2) is 11.7. The molecule has 3 amide bonds. The van der Waals surface area contributed by atoms with Crippen molar-refractivity contribution >= 4 is 23.5 Å². The summed E-state index contributed by atoms with van der Waals surface area (Å²) in [5.74, 6) is 1.11. The smallest absolute Gasteiger partial charge is 0.324 e. The van der Waals surface area contributed by atoms with Crippen LogP contribution in [0.2, 0.25) is 5.02 Å². The summed E-state index contributed by atoms with van der Waals surface area (Å²) in [4.78, 5) is 26.4. The summed E-state index contributed by atoms with van der Waals surface area (Å²) in [7, 11) is 0. The Hall–Kier alpha value is -2.85. The van der Waals surface area contributed by atoms with E-state index in [0.717, 1.165) is 11.3 Å². The summed E-state index contributed by atoms with van der Waals surface area (Å²) >= 11 is 5.92. The van der Waals surface area contributed by atoms with Crippen molar-refractivity contribution in [1.29, 1.82) is 0 Å². The molecule has 0 aliphatic carbocycles. The molecule has 2 saturated heterocycles. The van der Waals surface area contributed by atoms with Crippen LogP contribution >= 0.6 is 11.6 Å². The first-order chi connectivity index (χ1) is 16.9. The molecule has 35 heavy (non-hydrogen) atoms. The van der Waals surface area contributed by atoms with Crippen LogP contribution in [0, 0.1) is 0 Å². The lowest BCUT2D eigenvalue weighted by molar-refractivity contribution is -0.118. The second-order valence-corrected chi connectivity index (χ2v) is 9.29. The predicted octanol–water partition coefficient (Wildman–Crippen LogP) is 2.30. The van der Waals surface area contributed by atoms with Gasteiger partial charge in [0.2, 0.25) is 5.91 Å². The highest BCUT2D eigenvalue weighted by atomic mass is 35.5. The first-order valence-electron chi connectivity index (χ1n) is 11.6. The van der Waals surface area contributed by atoms with Gasteiger partial charge in [0.15, 0.2) is 0 Å². The Morgan fingerprint density at radius 1 is 1.06 bits per heavy atom. The highest BCUT2D eigenvalue weighted by Gasteiger charge is 2.33. The molecule has 0 aromatic heterocycles. The van der Waals surface area contributed by atoms with Gasteiger partial charge < -0.3 is 24.2 Å². The van der Waals surface area contributed by atoms with E-state index in [1.54, 1.807) is 24.3 Å². The minimum atomic E-state index is -1.13. The zero-order chi connectivity index (χ0) is 24.7. The largest absolute Gasteiger partial charge is 0.494 e. The first-order valence-corrected chi connectivity index (χ1v) is 12.0. The molecule has 0 unspecified atom stereocenters. The van der Waals surface area contributed by atoms with E-state index in [1.807, 2.05) is 24.3 Å². The molecular formula is C25H30ClN3O6. The molecule has 2 aromatic rings. The van der Waals surface area contributed by atoms with Gasteiger partial charge in [-0.3, -0.25) is 15.0 Å². The Balaban J connectivity index is 1.22. The van der Waals surface area contributed by atoms with Gasteiger partial charge in [-0.25, -0.2) is 4.79 Å². The zero-order valence-corrected chi connectivity index (χ0v) is 20.2. The Bertz CT molecular complexity index is 1000. The SMILES string of the molecule is O=C1CN(CCCOc2ccc(CN3CCOC[C@@](O)(COc4ccc(Cl)cc4)C3)cc2)C(=O)N1. The van der Waals surface area contributed by atoms with E-state index in [-0.39, 0.29) is 31.7 Å². The van der Waals surface area contributed by atoms with Crippen LogP contribution in [0.4, 0.5) is 4.79 Å². The van der Waals surface area contributed by atoms with Gasteiger partial charge in [0.05, 0.1) is 19.8 Å². The molecule has 2 fully saturated rings. The standard InChI is InChI=1S/C25H30ClN3O6/c26-20-4-8-22(9-5-20)35-18-25(32)16-28(11-13-33-17-25)14-19-2-6-21(7-3-19)34-12-1-10-29-15-23(30)27-24(29)31/h2-9,32H,1,10-18H2,(H,27,30,31)/t25-/m1/s1. The molecule has 4 rings (SSSR count). The number of imide groups is 1. The molecule has 2 aliphatic heterocycles. The van der Waals surface area contributed by atoms with E-state index in [2.05, 4.69) is 10.2 Å². The number of amides is 3. The van der Waals surface area contributed by atoms with Crippen LogP contribution in [-0.4, -0.2) is 85.1 Å². The number of hydrogen-bond acceptors (Lipinski definition) is 7. The van der Waals surface area contributed by atoms with Crippen LogP contribution < -0.4 is 14.8 Å². The lowest BCUT2D eigenvalue weighted by Gasteiger charge is -2.30. The van der Waals surface area contributed by atoms with Crippen LogP contribution in [0.1, 0.15) is 12.0 Å². The maximum absolute atomic E-state index is 11.5. The van der Waals surface area contributed by atoms with Crippen molar-refractivity contribution in [3.05, 3.63) is 59.1 Å². The number of ether oxygens (including phenoxy) is 3. The third-order valence-electron chi connectivity index (χ3n) is 5.80. The lowest BCUT2D eigenvalue weighted by atomic mass is 10.1. The number of hydrogen-bond donors (Lipinski definition) is 2. The summed E-state index contributed by atoms with van der Waals surface area (Å²) in [5.41, 5.74) is -0.0387. The number of carbonyl (C=O) groups excluding carboxylic acids is 2. The minimum absolute atomic E-state index is 0.109. The number of nitrogens with one attached hydrogen (secondary N) is 1. The van der Waals surface area contributed by atoms with Gasteiger partial charge in [0.1, 0.15) is 30.3 Å². The van der Waals surface area contributed by atoms with E-state index in [9.17, 15) is 14.7 Å². The Morgan fingerprint density at radius 2 is 1.77 bits per heavy atom. The van der Waals surface area contributed by atoms with E-state index < -0.39 is 5.60 Å². The molecule has 0 bridgehead atoms. The van der Waals surface area contributed by atoms with Crippen LogP contribution in [0.5, 0.6) is 11.5 Å². The summed E-state index contributed by atoms with van der Waals surface area (Å²) in [5, 5.41) is 14.0. The average Bonchev–Trinajstić information content (AvgIpc) is 3.04. The van der Waals surface area contributed by atoms with Crippen molar-refractivity contribution in [2.45, 2.75) is 18.6 Å². The predicted molar refractivity (Wildman–Crippen MR) is 130 cm³/mol. The van der Waals surface area contributed by atoms with Crippen LogP contribution in [0.15, 0.2) is 48.5 Å². The highest BCUT2D eigenvalue weighted by Crippen LogP contribution is 2.21. The summed E-state index contributed by atoms with van der Waals surface area (Å²) in [6.07, 6.45) is 0.632. The Morgan fingerprint density at radius 3 is 2.49 bits per heavy atom. The molecule has 2 heterocycles. The van der Waals surface area contributed by atoms with Crippen LogP contribution in [0.25, 0.3) is 0 Å². The van der Waals surface area contributed by atoms with Gasteiger partial charge in [0.25, 0.3) is 0 Å². The van der Waals surface area contributed by atoms with Crippen LogP contribution in [-0.2, 0) is 16.1 Å². The average molecular weight is 504 g/mol. The Kier molecular flexibility index (Phi) is 8.46. The van der Waals surface area contributed by atoms with E-state index in [4.69, 9.17) is 25.8 Å². The van der Waals surface area contributed by atoms with Crippen LogP contribution in [0.3, 0.4) is 0 Å². The van der Waals surface area contributed by atoms with Crippen molar-refractivity contribution in [2.24, 2.45) is 0 Å². The highest BCUT2D eigenvalue weighted by molar-refractivity contribution is 6.30.